The highest BCUT2D eigenvalue weighted by molar-refractivity contribution is 5.79. The number of piperidine rings is 1. The number of nitrogens with zero attached hydrogens (tertiary/aromatic N) is 2. The molecule has 1 fully saturated rings. The van der Waals surface area contributed by atoms with Gasteiger partial charge in [-0.15, -0.1) is 0 Å². The maximum atomic E-state index is 5.61. The summed E-state index contributed by atoms with van der Waals surface area (Å²) >= 11 is 0. The van der Waals surface area contributed by atoms with Crippen LogP contribution in [-0.4, -0.2) is 51.2 Å². The van der Waals surface area contributed by atoms with E-state index >= 15 is 0 Å². The van der Waals surface area contributed by atoms with Crippen LogP contribution in [0.4, 0.5) is 0 Å². The van der Waals surface area contributed by atoms with Gasteiger partial charge in [-0.3, -0.25) is 9.89 Å². The quantitative estimate of drug-likeness (QED) is 0.595. The number of aliphatic imine (C=N–C) groups is 1. The molecule has 5 nitrogen and oxygen atoms in total. The highest BCUT2D eigenvalue weighted by atomic mass is 16.5. The molecule has 1 saturated heterocycles. The lowest BCUT2D eigenvalue weighted by atomic mass is 10.0. The van der Waals surface area contributed by atoms with Crippen LogP contribution in [-0.2, 0) is 0 Å². The minimum atomic E-state index is 0.293. The van der Waals surface area contributed by atoms with Crippen molar-refractivity contribution in [1.29, 1.82) is 0 Å². The summed E-state index contributed by atoms with van der Waals surface area (Å²) in [6, 6.07) is 8.66. The molecule has 0 spiro atoms. The monoisotopic (exact) mass is 332 g/mol. The van der Waals surface area contributed by atoms with E-state index in [9.17, 15) is 0 Å². The second-order valence-corrected chi connectivity index (χ2v) is 6.23. The minimum absolute atomic E-state index is 0.293. The van der Waals surface area contributed by atoms with E-state index in [1.54, 1.807) is 7.11 Å². The van der Waals surface area contributed by atoms with Crippen LogP contribution in [0, 0.1) is 0 Å². The summed E-state index contributed by atoms with van der Waals surface area (Å²) in [6.45, 7) is 6.20. The van der Waals surface area contributed by atoms with E-state index in [-0.39, 0.29) is 0 Å². The molecule has 0 amide bonds. The van der Waals surface area contributed by atoms with Crippen molar-refractivity contribution in [1.82, 2.24) is 15.5 Å². The highest BCUT2D eigenvalue weighted by Gasteiger charge is 2.24. The Morgan fingerprint density at radius 2 is 1.96 bits per heavy atom. The van der Waals surface area contributed by atoms with E-state index in [1.165, 1.54) is 24.8 Å². The van der Waals surface area contributed by atoms with Gasteiger partial charge in [-0.2, -0.15) is 0 Å². The summed E-state index contributed by atoms with van der Waals surface area (Å²) in [4.78, 5) is 6.89. The summed E-state index contributed by atoms with van der Waals surface area (Å²) in [6.07, 6.45) is 4.97. The Morgan fingerprint density at radius 3 is 2.62 bits per heavy atom. The molecule has 1 aromatic carbocycles. The molecule has 1 heterocycles. The van der Waals surface area contributed by atoms with Crippen LogP contribution >= 0.6 is 0 Å². The Bertz CT molecular complexity index is 512. The normalized spacial score (nSPS) is 17.4. The van der Waals surface area contributed by atoms with E-state index in [1.807, 2.05) is 13.1 Å². The van der Waals surface area contributed by atoms with Crippen molar-refractivity contribution in [2.75, 3.05) is 40.3 Å². The maximum absolute atomic E-state index is 5.61. The topological polar surface area (TPSA) is 48.9 Å². The number of hydrogen-bond acceptors (Lipinski definition) is 3. The van der Waals surface area contributed by atoms with Gasteiger partial charge in [-0.25, -0.2) is 0 Å². The number of rotatable bonds is 7. The summed E-state index contributed by atoms with van der Waals surface area (Å²) < 4.78 is 5.61. The lowest BCUT2D eigenvalue weighted by molar-refractivity contribution is 0.161. The van der Waals surface area contributed by atoms with Crippen LogP contribution in [0.3, 0.4) is 0 Å². The Hall–Kier alpha value is -1.75. The molecule has 5 heteroatoms. The first-order valence-corrected chi connectivity index (χ1v) is 9.11. The predicted molar refractivity (Wildman–Crippen MR) is 101 cm³/mol. The number of guanidine groups is 1. The van der Waals surface area contributed by atoms with Crippen LogP contribution in [0.15, 0.2) is 29.3 Å². The highest BCUT2D eigenvalue weighted by Crippen LogP contribution is 2.30. The van der Waals surface area contributed by atoms with E-state index in [2.05, 4.69) is 45.6 Å². The molecule has 1 aliphatic rings. The van der Waals surface area contributed by atoms with E-state index < -0.39 is 0 Å². The molecule has 134 valence electrons. The fourth-order valence-electron chi connectivity index (χ4n) is 3.26. The van der Waals surface area contributed by atoms with Crippen LogP contribution < -0.4 is 15.4 Å². The fourth-order valence-corrected chi connectivity index (χ4v) is 3.26. The van der Waals surface area contributed by atoms with Crippen molar-refractivity contribution < 1.29 is 4.74 Å². The molecule has 0 aromatic heterocycles. The smallest absolute Gasteiger partial charge is 0.191 e. The molecule has 0 bridgehead atoms. The van der Waals surface area contributed by atoms with Gasteiger partial charge in [0.15, 0.2) is 5.96 Å². The zero-order chi connectivity index (χ0) is 17.2. The van der Waals surface area contributed by atoms with Gasteiger partial charge in [0.2, 0.25) is 0 Å². The molecular weight excluding hydrogens is 300 g/mol. The number of ether oxygens (including phenoxy) is 1. The molecule has 2 N–H and O–H groups in total. The SMILES string of the molecule is CCCNC(=NC)NCC(c1ccccc1OC)N1CCCCC1. The number of benzene rings is 1. The summed E-state index contributed by atoms with van der Waals surface area (Å²) in [5.41, 5.74) is 1.25. The number of methoxy groups -OCH3 is 1. The van der Waals surface area contributed by atoms with E-state index in [0.717, 1.165) is 44.3 Å². The van der Waals surface area contributed by atoms with Crippen molar-refractivity contribution in [2.24, 2.45) is 4.99 Å². The van der Waals surface area contributed by atoms with Gasteiger partial charge in [-0.05, 0) is 38.4 Å². The Balaban J connectivity index is 2.13. The molecular formula is C19H32N4O. The molecule has 1 aliphatic heterocycles. The molecule has 0 radical (unpaired) electrons. The second-order valence-electron chi connectivity index (χ2n) is 6.23. The lowest BCUT2D eigenvalue weighted by Crippen LogP contribution is -2.44. The van der Waals surface area contributed by atoms with Crippen LogP contribution in [0.5, 0.6) is 5.75 Å². The molecule has 0 aliphatic carbocycles. The zero-order valence-corrected chi connectivity index (χ0v) is 15.3. The Labute approximate surface area is 146 Å². The average Bonchev–Trinajstić information content (AvgIpc) is 2.65. The zero-order valence-electron chi connectivity index (χ0n) is 15.3. The fraction of sp³-hybridized carbons (Fsp3) is 0.632. The van der Waals surface area contributed by atoms with E-state index in [0.29, 0.717) is 6.04 Å². The molecule has 2 rings (SSSR count). The third kappa shape index (κ3) is 5.13. The molecule has 1 unspecified atom stereocenters. The number of hydrogen-bond donors (Lipinski definition) is 2. The molecule has 0 saturated carbocycles. The van der Waals surface area contributed by atoms with Crippen molar-refractivity contribution in [3.63, 3.8) is 0 Å². The molecule has 24 heavy (non-hydrogen) atoms. The molecule has 1 atom stereocenters. The molecule has 1 aromatic rings. The summed E-state index contributed by atoms with van der Waals surface area (Å²) in [7, 11) is 3.57. The van der Waals surface area contributed by atoms with Gasteiger partial charge in [0.25, 0.3) is 0 Å². The van der Waals surface area contributed by atoms with Crippen LogP contribution in [0.1, 0.15) is 44.2 Å². The average molecular weight is 332 g/mol. The van der Waals surface area contributed by atoms with Crippen molar-refractivity contribution in [3.8, 4) is 5.75 Å². The van der Waals surface area contributed by atoms with E-state index in [4.69, 9.17) is 4.74 Å². The Morgan fingerprint density at radius 1 is 1.21 bits per heavy atom. The number of likely N-dealkylation sites (tertiary alicyclic amines) is 1. The van der Waals surface area contributed by atoms with Crippen molar-refractivity contribution in [2.45, 2.75) is 38.6 Å². The first-order chi connectivity index (χ1) is 11.8. The first-order valence-electron chi connectivity index (χ1n) is 9.11. The first kappa shape index (κ1) is 18.6. The standard InChI is InChI=1S/C19H32N4O/c1-4-12-21-19(20-2)22-15-17(23-13-8-5-9-14-23)16-10-6-7-11-18(16)24-3/h6-7,10-11,17H,4-5,8-9,12-15H2,1-3H3,(H2,20,21,22). The Kier molecular flexibility index (Phi) is 7.89. The van der Waals surface area contributed by atoms with Crippen molar-refractivity contribution in [3.05, 3.63) is 29.8 Å². The van der Waals surface area contributed by atoms with Crippen LogP contribution in [0.25, 0.3) is 0 Å². The minimum Gasteiger partial charge on any atom is -0.496 e. The van der Waals surface area contributed by atoms with Gasteiger partial charge < -0.3 is 15.4 Å². The largest absolute Gasteiger partial charge is 0.496 e. The third-order valence-electron chi connectivity index (χ3n) is 4.56. The van der Waals surface area contributed by atoms with Gasteiger partial charge in [0, 0.05) is 25.7 Å². The maximum Gasteiger partial charge on any atom is 0.191 e. The lowest BCUT2D eigenvalue weighted by Gasteiger charge is -2.35. The van der Waals surface area contributed by atoms with Gasteiger partial charge in [-0.1, -0.05) is 31.5 Å². The third-order valence-corrected chi connectivity index (χ3v) is 4.56. The number of nitrogens with one attached hydrogen (secondary N) is 2. The van der Waals surface area contributed by atoms with Gasteiger partial charge in [0.05, 0.1) is 13.2 Å². The van der Waals surface area contributed by atoms with Gasteiger partial charge in [0.1, 0.15) is 5.75 Å². The van der Waals surface area contributed by atoms with Gasteiger partial charge >= 0.3 is 0 Å². The number of para-hydroxylation sites is 1. The second kappa shape index (κ2) is 10.2. The predicted octanol–water partition coefficient (Wildman–Crippen LogP) is 2.80. The summed E-state index contributed by atoms with van der Waals surface area (Å²) in [5, 5.41) is 6.84. The van der Waals surface area contributed by atoms with Crippen molar-refractivity contribution >= 4 is 5.96 Å². The van der Waals surface area contributed by atoms with Crippen LogP contribution in [0.2, 0.25) is 0 Å². The summed E-state index contributed by atoms with van der Waals surface area (Å²) in [5.74, 6) is 1.83.